The molecule has 0 saturated heterocycles. The zero-order valence-corrected chi connectivity index (χ0v) is 19.5. The van der Waals surface area contributed by atoms with Crippen LogP contribution in [0.15, 0.2) is 53.7 Å². The van der Waals surface area contributed by atoms with Gasteiger partial charge in [-0.1, -0.05) is 60.6 Å². The summed E-state index contributed by atoms with van der Waals surface area (Å²) in [5, 5.41) is 4.14. The summed E-state index contributed by atoms with van der Waals surface area (Å²) in [6.45, 7) is 5.32. The second kappa shape index (κ2) is 10.0. The first-order chi connectivity index (χ1) is 15.6. The van der Waals surface area contributed by atoms with Gasteiger partial charge in [-0.25, -0.2) is 9.97 Å². The van der Waals surface area contributed by atoms with Crippen LogP contribution in [-0.4, -0.2) is 28.7 Å². The number of benzene rings is 2. The fourth-order valence-electron chi connectivity index (χ4n) is 3.58. The van der Waals surface area contributed by atoms with Gasteiger partial charge in [0.15, 0.2) is 5.16 Å². The van der Waals surface area contributed by atoms with Gasteiger partial charge in [-0.05, 0) is 36.6 Å². The Labute approximate surface area is 193 Å². The van der Waals surface area contributed by atoms with E-state index in [9.17, 15) is 4.79 Å². The molecule has 1 amide bonds. The van der Waals surface area contributed by atoms with E-state index < -0.39 is 0 Å². The molecule has 6 nitrogen and oxygen atoms in total. The van der Waals surface area contributed by atoms with Crippen LogP contribution in [0.5, 0.6) is 5.75 Å². The normalized spacial score (nSPS) is 12.7. The van der Waals surface area contributed by atoms with Crippen molar-refractivity contribution in [3.63, 3.8) is 0 Å². The Balaban J connectivity index is 1.61. The molecule has 4 rings (SSSR count). The van der Waals surface area contributed by atoms with E-state index in [-0.39, 0.29) is 5.91 Å². The number of carbonyl (C=O) groups excluding carboxylic acids is 1. The summed E-state index contributed by atoms with van der Waals surface area (Å²) in [7, 11) is 1.66. The van der Waals surface area contributed by atoms with Crippen LogP contribution in [0.4, 0.5) is 11.6 Å². The minimum atomic E-state index is 0.0556. The monoisotopic (exact) mass is 448 g/mol. The largest absolute Gasteiger partial charge is 0.497 e. The Hall–Kier alpha value is -3.06. The number of methoxy groups -OCH3 is 1. The maximum Gasteiger partial charge on any atom is 0.233 e. The number of anilines is 2. The lowest BCUT2D eigenvalue weighted by Gasteiger charge is -2.18. The predicted octanol–water partition coefficient (Wildman–Crippen LogP) is 5.00. The van der Waals surface area contributed by atoms with Crippen LogP contribution in [0.1, 0.15) is 35.6 Å². The Morgan fingerprint density at radius 1 is 1.06 bits per heavy atom. The molecule has 166 valence electrons. The Morgan fingerprint density at radius 2 is 1.78 bits per heavy atom. The summed E-state index contributed by atoms with van der Waals surface area (Å²) in [6.07, 6.45) is 1.34. The van der Waals surface area contributed by atoms with Crippen molar-refractivity contribution >= 4 is 29.3 Å². The molecule has 1 N–H and O–H groups in total. The van der Waals surface area contributed by atoms with E-state index in [1.54, 1.807) is 23.8 Å². The van der Waals surface area contributed by atoms with Crippen molar-refractivity contribution in [3.8, 4) is 5.75 Å². The number of carbonyl (C=O) groups is 1. The van der Waals surface area contributed by atoms with Crippen molar-refractivity contribution in [3.05, 3.63) is 70.8 Å². The summed E-state index contributed by atoms with van der Waals surface area (Å²) in [4.78, 5) is 24.3. The maximum absolute atomic E-state index is 12.9. The lowest BCUT2D eigenvalue weighted by Crippen LogP contribution is -2.26. The van der Waals surface area contributed by atoms with Gasteiger partial charge in [0.1, 0.15) is 17.4 Å². The molecule has 0 radical (unpaired) electrons. The van der Waals surface area contributed by atoms with E-state index in [1.807, 2.05) is 24.3 Å². The van der Waals surface area contributed by atoms with Gasteiger partial charge in [-0.15, -0.1) is 0 Å². The highest BCUT2D eigenvalue weighted by Crippen LogP contribution is 2.35. The van der Waals surface area contributed by atoms with Crippen LogP contribution in [0, 0.1) is 6.92 Å². The standard InChI is InChI=1S/C25H28N4O2S/c1-4-13-32-25-27-23(26-15-18-9-11-20(31-3)12-10-18)21-14-22(30)29(24(21)28-25)16-19-7-5-17(2)6-8-19/h5-12H,4,13-16H2,1-3H3,(H,26,27,28). The number of amides is 1. The van der Waals surface area contributed by atoms with E-state index in [0.29, 0.717) is 24.7 Å². The molecule has 32 heavy (non-hydrogen) atoms. The van der Waals surface area contributed by atoms with Gasteiger partial charge in [0, 0.05) is 17.9 Å². The van der Waals surface area contributed by atoms with Crippen LogP contribution in [0.2, 0.25) is 0 Å². The number of hydrogen-bond donors (Lipinski definition) is 1. The summed E-state index contributed by atoms with van der Waals surface area (Å²) in [5.74, 6) is 3.28. The molecule has 0 bridgehead atoms. The fraction of sp³-hybridized carbons (Fsp3) is 0.320. The molecule has 3 aromatic rings. The Morgan fingerprint density at radius 3 is 2.47 bits per heavy atom. The maximum atomic E-state index is 12.9. The third kappa shape index (κ3) is 5.05. The average Bonchev–Trinajstić information content (AvgIpc) is 3.13. The molecule has 1 aromatic heterocycles. The van der Waals surface area contributed by atoms with E-state index in [1.165, 1.54) is 5.56 Å². The Kier molecular flexibility index (Phi) is 6.95. The van der Waals surface area contributed by atoms with Crippen molar-refractivity contribution in [2.45, 2.75) is 44.9 Å². The minimum Gasteiger partial charge on any atom is -0.497 e. The lowest BCUT2D eigenvalue weighted by atomic mass is 10.1. The van der Waals surface area contributed by atoms with Gasteiger partial charge in [0.2, 0.25) is 5.91 Å². The van der Waals surface area contributed by atoms with E-state index in [4.69, 9.17) is 14.7 Å². The van der Waals surface area contributed by atoms with E-state index in [2.05, 4.69) is 43.4 Å². The topological polar surface area (TPSA) is 67.4 Å². The second-order valence-corrected chi connectivity index (χ2v) is 8.91. The average molecular weight is 449 g/mol. The summed E-state index contributed by atoms with van der Waals surface area (Å²) in [5.41, 5.74) is 4.27. The molecule has 1 aliphatic heterocycles. The second-order valence-electron chi connectivity index (χ2n) is 7.85. The van der Waals surface area contributed by atoms with Crippen LogP contribution >= 0.6 is 11.8 Å². The third-order valence-corrected chi connectivity index (χ3v) is 6.42. The molecule has 0 saturated carbocycles. The molecule has 1 aliphatic rings. The first kappa shape index (κ1) is 22.1. The van der Waals surface area contributed by atoms with Crippen LogP contribution in [-0.2, 0) is 24.3 Å². The number of fused-ring (bicyclic) bond motifs is 1. The van der Waals surface area contributed by atoms with Gasteiger partial charge < -0.3 is 10.1 Å². The van der Waals surface area contributed by atoms with Crippen molar-refractivity contribution in [1.29, 1.82) is 0 Å². The highest BCUT2D eigenvalue weighted by Gasteiger charge is 2.32. The molecule has 7 heteroatoms. The van der Waals surface area contributed by atoms with Crippen LogP contribution in [0.25, 0.3) is 0 Å². The smallest absolute Gasteiger partial charge is 0.233 e. The Bertz CT molecular complexity index is 1080. The molecular formula is C25H28N4O2S. The first-order valence-electron chi connectivity index (χ1n) is 10.8. The van der Waals surface area contributed by atoms with Gasteiger partial charge in [0.05, 0.1) is 20.1 Å². The number of aromatic nitrogens is 2. The van der Waals surface area contributed by atoms with Crippen LogP contribution < -0.4 is 15.0 Å². The quantitative estimate of drug-likeness (QED) is 0.367. The molecule has 0 atom stereocenters. The van der Waals surface area contributed by atoms with Gasteiger partial charge in [-0.3, -0.25) is 9.69 Å². The van der Waals surface area contributed by atoms with Gasteiger partial charge >= 0.3 is 0 Å². The number of ether oxygens (including phenoxy) is 1. The summed E-state index contributed by atoms with van der Waals surface area (Å²) >= 11 is 1.62. The first-order valence-corrected chi connectivity index (χ1v) is 11.8. The highest BCUT2D eigenvalue weighted by atomic mass is 32.2. The molecule has 2 heterocycles. The summed E-state index contributed by atoms with van der Waals surface area (Å²) < 4.78 is 5.24. The van der Waals surface area contributed by atoms with Crippen molar-refractivity contribution in [2.24, 2.45) is 0 Å². The van der Waals surface area contributed by atoms with Gasteiger partial charge in [0.25, 0.3) is 0 Å². The number of rotatable bonds is 9. The molecule has 0 spiro atoms. The van der Waals surface area contributed by atoms with Crippen molar-refractivity contribution in [1.82, 2.24) is 9.97 Å². The molecule has 0 unspecified atom stereocenters. The van der Waals surface area contributed by atoms with Crippen molar-refractivity contribution in [2.75, 3.05) is 23.1 Å². The fourth-order valence-corrected chi connectivity index (χ4v) is 4.27. The number of nitrogens with zero attached hydrogens (tertiary/aromatic N) is 3. The number of nitrogens with one attached hydrogen (secondary N) is 1. The number of thioether (sulfide) groups is 1. The van der Waals surface area contributed by atoms with E-state index in [0.717, 1.165) is 46.2 Å². The van der Waals surface area contributed by atoms with Gasteiger partial charge in [-0.2, -0.15) is 0 Å². The van der Waals surface area contributed by atoms with Crippen molar-refractivity contribution < 1.29 is 9.53 Å². The lowest BCUT2D eigenvalue weighted by molar-refractivity contribution is -0.117. The molecule has 2 aromatic carbocycles. The SMILES string of the molecule is CCCSc1nc(NCc2ccc(OC)cc2)c2c(n1)N(Cc1ccc(C)cc1)C(=O)C2. The molecule has 0 fully saturated rings. The summed E-state index contributed by atoms with van der Waals surface area (Å²) in [6, 6.07) is 16.2. The number of hydrogen-bond acceptors (Lipinski definition) is 6. The van der Waals surface area contributed by atoms with Crippen LogP contribution in [0.3, 0.4) is 0 Å². The zero-order valence-electron chi connectivity index (χ0n) is 18.7. The molecular weight excluding hydrogens is 420 g/mol. The third-order valence-electron chi connectivity index (χ3n) is 5.37. The molecule has 0 aliphatic carbocycles. The minimum absolute atomic E-state index is 0.0556. The number of aryl methyl sites for hydroxylation is 1. The predicted molar refractivity (Wildman–Crippen MR) is 129 cm³/mol. The zero-order chi connectivity index (χ0) is 22.5. The van der Waals surface area contributed by atoms with E-state index >= 15 is 0 Å². The highest BCUT2D eigenvalue weighted by molar-refractivity contribution is 7.99.